The van der Waals surface area contributed by atoms with E-state index < -0.39 is 4.92 Å². The zero-order valence-corrected chi connectivity index (χ0v) is 12.1. The average molecular weight is 286 g/mol. The number of aryl methyl sites for hydroxylation is 1. The number of rotatable bonds is 6. The SMILES string of the molecule is CCc1ccccc1CNc1ccc([N+](=O)[O-])c(OC)c1. The van der Waals surface area contributed by atoms with Gasteiger partial charge in [-0.05, 0) is 23.6 Å². The average Bonchev–Trinajstić information content (AvgIpc) is 2.52. The molecular weight excluding hydrogens is 268 g/mol. The smallest absolute Gasteiger partial charge is 0.311 e. The van der Waals surface area contributed by atoms with Crippen LogP contribution in [0, 0.1) is 10.1 Å². The van der Waals surface area contributed by atoms with E-state index in [0.29, 0.717) is 6.54 Å². The minimum absolute atomic E-state index is 0.0305. The van der Waals surface area contributed by atoms with Gasteiger partial charge in [-0.25, -0.2) is 0 Å². The summed E-state index contributed by atoms with van der Waals surface area (Å²) in [5, 5.41) is 14.1. The molecule has 5 heteroatoms. The molecule has 0 atom stereocenters. The van der Waals surface area contributed by atoms with Crippen LogP contribution in [0.15, 0.2) is 42.5 Å². The number of nitrogens with zero attached hydrogens (tertiary/aromatic N) is 1. The van der Waals surface area contributed by atoms with Crippen molar-refractivity contribution in [1.29, 1.82) is 0 Å². The van der Waals surface area contributed by atoms with Crippen molar-refractivity contribution in [3.63, 3.8) is 0 Å². The minimum Gasteiger partial charge on any atom is -0.490 e. The lowest BCUT2D eigenvalue weighted by Gasteiger charge is -2.11. The molecular formula is C16H18N2O3. The fraction of sp³-hybridized carbons (Fsp3) is 0.250. The summed E-state index contributed by atoms with van der Waals surface area (Å²) in [5.74, 6) is 0.258. The van der Waals surface area contributed by atoms with Crippen molar-refractivity contribution in [2.24, 2.45) is 0 Å². The second kappa shape index (κ2) is 6.74. The van der Waals surface area contributed by atoms with Crippen molar-refractivity contribution in [2.45, 2.75) is 19.9 Å². The van der Waals surface area contributed by atoms with E-state index in [1.165, 1.54) is 24.3 Å². The number of nitrogens with one attached hydrogen (secondary N) is 1. The summed E-state index contributed by atoms with van der Waals surface area (Å²) in [6, 6.07) is 13.0. The molecule has 0 aliphatic rings. The first-order valence-corrected chi connectivity index (χ1v) is 6.78. The van der Waals surface area contributed by atoms with Crippen LogP contribution in [0.5, 0.6) is 5.75 Å². The Morgan fingerprint density at radius 1 is 1.19 bits per heavy atom. The molecule has 2 rings (SSSR count). The maximum absolute atomic E-state index is 10.9. The number of nitro benzene ring substituents is 1. The number of hydrogen-bond acceptors (Lipinski definition) is 4. The van der Waals surface area contributed by atoms with E-state index >= 15 is 0 Å². The topological polar surface area (TPSA) is 64.4 Å². The van der Waals surface area contributed by atoms with E-state index in [-0.39, 0.29) is 11.4 Å². The van der Waals surface area contributed by atoms with Crippen LogP contribution in [0.4, 0.5) is 11.4 Å². The van der Waals surface area contributed by atoms with Crippen molar-refractivity contribution < 1.29 is 9.66 Å². The first-order valence-electron chi connectivity index (χ1n) is 6.78. The van der Waals surface area contributed by atoms with Gasteiger partial charge in [-0.1, -0.05) is 31.2 Å². The summed E-state index contributed by atoms with van der Waals surface area (Å²) < 4.78 is 5.06. The van der Waals surface area contributed by atoms with Crippen molar-refractivity contribution in [2.75, 3.05) is 12.4 Å². The molecule has 2 aromatic carbocycles. The number of ether oxygens (including phenoxy) is 1. The zero-order valence-electron chi connectivity index (χ0n) is 12.1. The van der Waals surface area contributed by atoms with Gasteiger partial charge < -0.3 is 10.1 Å². The van der Waals surface area contributed by atoms with Crippen LogP contribution in [0.25, 0.3) is 0 Å². The molecule has 110 valence electrons. The van der Waals surface area contributed by atoms with Crippen molar-refractivity contribution in [3.8, 4) is 5.75 Å². The normalized spacial score (nSPS) is 10.2. The van der Waals surface area contributed by atoms with E-state index in [0.717, 1.165) is 12.1 Å². The molecule has 0 bridgehead atoms. The quantitative estimate of drug-likeness (QED) is 0.648. The zero-order chi connectivity index (χ0) is 15.2. The maximum atomic E-state index is 10.9. The molecule has 5 nitrogen and oxygen atoms in total. The second-order valence-electron chi connectivity index (χ2n) is 4.62. The lowest BCUT2D eigenvalue weighted by atomic mass is 10.1. The first-order chi connectivity index (χ1) is 10.2. The highest BCUT2D eigenvalue weighted by atomic mass is 16.6. The molecule has 0 aliphatic carbocycles. The molecule has 0 saturated carbocycles. The van der Waals surface area contributed by atoms with Crippen LogP contribution in [0.2, 0.25) is 0 Å². The third kappa shape index (κ3) is 3.51. The van der Waals surface area contributed by atoms with Gasteiger partial charge in [-0.3, -0.25) is 10.1 Å². The van der Waals surface area contributed by atoms with E-state index in [1.807, 2.05) is 12.1 Å². The van der Waals surface area contributed by atoms with Crippen molar-refractivity contribution >= 4 is 11.4 Å². The highest BCUT2D eigenvalue weighted by molar-refractivity contribution is 5.58. The van der Waals surface area contributed by atoms with Gasteiger partial charge >= 0.3 is 5.69 Å². The largest absolute Gasteiger partial charge is 0.490 e. The molecule has 0 amide bonds. The van der Waals surface area contributed by atoms with Gasteiger partial charge in [0.2, 0.25) is 0 Å². The highest BCUT2D eigenvalue weighted by Crippen LogP contribution is 2.29. The predicted octanol–water partition coefficient (Wildman–Crippen LogP) is 3.78. The van der Waals surface area contributed by atoms with Gasteiger partial charge in [-0.15, -0.1) is 0 Å². The molecule has 1 N–H and O–H groups in total. The fourth-order valence-corrected chi connectivity index (χ4v) is 2.21. The molecule has 0 heterocycles. The Balaban J connectivity index is 2.15. The minimum atomic E-state index is -0.449. The van der Waals surface area contributed by atoms with Gasteiger partial charge in [-0.2, -0.15) is 0 Å². The number of nitro groups is 1. The number of hydrogen-bond donors (Lipinski definition) is 1. The van der Waals surface area contributed by atoms with E-state index in [9.17, 15) is 10.1 Å². The highest BCUT2D eigenvalue weighted by Gasteiger charge is 2.14. The Morgan fingerprint density at radius 3 is 2.52 bits per heavy atom. The van der Waals surface area contributed by atoms with Crippen LogP contribution in [-0.4, -0.2) is 12.0 Å². The van der Waals surface area contributed by atoms with Gasteiger partial charge in [0.1, 0.15) is 0 Å². The van der Waals surface area contributed by atoms with Crippen LogP contribution < -0.4 is 10.1 Å². The summed E-state index contributed by atoms with van der Waals surface area (Å²) in [5.41, 5.74) is 3.27. The predicted molar refractivity (Wildman–Crippen MR) is 82.8 cm³/mol. The summed E-state index contributed by atoms with van der Waals surface area (Å²) in [6.07, 6.45) is 0.974. The van der Waals surface area contributed by atoms with Crippen LogP contribution in [0.3, 0.4) is 0 Å². The van der Waals surface area contributed by atoms with E-state index in [4.69, 9.17) is 4.74 Å². The lowest BCUT2D eigenvalue weighted by molar-refractivity contribution is -0.385. The maximum Gasteiger partial charge on any atom is 0.311 e. The Morgan fingerprint density at radius 2 is 1.90 bits per heavy atom. The first kappa shape index (κ1) is 14.8. The molecule has 0 aliphatic heterocycles. The summed E-state index contributed by atoms with van der Waals surface area (Å²) in [6.45, 7) is 2.79. The molecule has 0 saturated heterocycles. The number of anilines is 1. The van der Waals surface area contributed by atoms with Crippen LogP contribution in [0.1, 0.15) is 18.1 Å². The molecule has 0 aromatic heterocycles. The van der Waals surface area contributed by atoms with E-state index in [2.05, 4.69) is 24.4 Å². The molecule has 0 spiro atoms. The van der Waals surface area contributed by atoms with Crippen molar-refractivity contribution in [3.05, 3.63) is 63.7 Å². The molecule has 2 aromatic rings. The van der Waals surface area contributed by atoms with Gasteiger partial charge in [0.15, 0.2) is 5.75 Å². The Kier molecular flexibility index (Phi) is 4.77. The summed E-state index contributed by atoms with van der Waals surface area (Å²) in [7, 11) is 1.43. The second-order valence-corrected chi connectivity index (χ2v) is 4.62. The molecule has 0 fully saturated rings. The summed E-state index contributed by atoms with van der Waals surface area (Å²) in [4.78, 5) is 10.4. The third-order valence-electron chi connectivity index (χ3n) is 3.36. The molecule has 21 heavy (non-hydrogen) atoms. The lowest BCUT2D eigenvalue weighted by Crippen LogP contribution is -2.03. The molecule has 0 unspecified atom stereocenters. The molecule has 0 radical (unpaired) electrons. The van der Waals surface area contributed by atoms with Crippen LogP contribution >= 0.6 is 0 Å². The van der Waals surface area contributed by atoms with Crippen molar-refractivity contribution in [1.82, 2.24) is 0 Å². The third-order valence-corrected chi connectivity index (χ3v) is 3.36. The number of benzene rings is 2. The summed E-state index contributed by atoms with van der Waals surface area (Å²) >= 11 is 0. The monoisotopic (exact) mass is 286 g/mol. The van der Waals surface area contributed by atoms with E-state index in [1.54, 1.807) is 12.1 Å². The van der Waals surface area contributed by atoms with Gasteiger partial charge in [0.25, 0.3) is 0 Å². The standard InChI is InChI=1S/C16H18N2O3/c1-3-12-6-4-5-7-13(12)11-17-14-8-9-15(18(19)20)16(10-14)21-2/h4-10,17H,3,11H2,1-2H3. The van der Waals surface area contributed by atoms with Gasteiger partial charge in [0.05, 0.1) is 12.0 Å². The van der Waals surface area contributed by atoms with Crippen LogP contribution in [-0.2, 0) is 13.0 Å². The Hall–Kier alpha value is -2.56. The number of methoxy groups -OCH3 is 1. The van der Waals surface area contributed by atoms with Gasteiger partial charge in [0, 0.05) is 24.4 Å². The Bertz CT molecular complexity index is 641. The Labute approximate surface area is 123 Å². The fourth-order valence-electron chi connectivity index (χ4n) is 2.21.